The maximum Gasteiger partial charge on any atom is 0.244 e. The van der Waals surface area contributed by atoms with Gasteiger partial charge < -0.3 is 5.32 Å². The molecule has 0 aliphatic carbocycles. The van der Waals surface area contributed by atoms with Gasteiger partial charge in [0.25, 0.3) is 0 Å². The minimum Gasteiger partial charge on any atom is -0.311 e. The zero-order valence-corrected chi connectivity index (χ0v) is 5.62. The highest BCUT2D eigenvalue weighted by Gasteiger charge is 2.43. The van der Waals surface area contributed by atoms with Crippen LogP contribution in [0.1, 0.15) is 13.8 Å². The summed E-state index contributed by atoms with van der Waals surface area (Å²) in [6.07, 6.45) is -2.17. The Morgan fingerprint density at radius 2 is 2.11 bits per heavy atom. The quantitative estimate of drug-likeness (QED) is 0.570. The molecule has 0 amide bonds. The molecule has 1 fully saturated rings. The fourth-order valence-corrected chi connectivity index (χ4v) is 1.03. The summed E-state index contributed by atoms with van der Waals surface area (Å²) in [5, 5.41) is 2.94. The largest absolute Gasteiger partial charge is 0.311 e. The third kappa shape index (κ3) is 1.06. The summed E-state index contributed by atoms with van der Waals surface area (Å²) in [4.78, 5) is 0. The van der Waals surface area contributed by atoms with Crippen LogP contribution in [0.25, 0.3) is 0 Å². The monoisotopic (exact) mass is 135 g/mol. The maximum atomic E-state index is 11.9. The van der Waals surface area contributed by atoms with Crippen molar-refractivity contribution in [3.8, 4) is 0 Å². The van der Waals surface area contributed by atoms with Crippen molar-refractivity contribution in [2.24, 2.45) is 5.92 Å². The molecule has 1 atom stereocenters. The zero-order chi connectivity index (χ0) is 7.07. The molecule has 1 unspecified atom stereocenters. The number of halogens is 2. The average Bonchev–Trinajstić information content (AvgIpc) is 1.62. The standard InChI is InChI=1S/C6H11F2N/c1-6(2)4(3-9-6)5(7)8/h4-5,9H,3H2,1-2H3. The second kappa shape index (κ2) is 1.90. The molecule has 0 aromatic carbocycles. The summed E-state index contributed by atoms with van der Waals surface area (Å²) in [6, 6.07) is 0. The first kappa shape index (κ1) is 6.93. The normalized spacial score (nSPS) is 32.3. The Morgan fingerprint density at radius 3 is 2.11 bits per heavy atom. The van der Waals surface area contributed by atoms with Crippen LogP contribution >= 0.6 is 0 Å². The lowest BCUT2D eigenvalue weighted by Gasteiger charge is -2.45. The third-order valence-corrected chi connectivity index (χ3v) is 2.01. The first-order chi connectivity index (χ1) is 4.04. The van der Waals surface area contributed by atoms with Gasteiger partial charge in [-0.1, -0.05) is 0 Å². The molecular formula is C6H11F2N. The van der Waals surface area contributed by atoms with Crippen molar-refractivity contribution >= 4 is 0 Å². The fraction of sp³-hybridized carbons (Fsp3) is 1.00. The van der Waals surface area contributed by atoms with E-state index in [1.165, 1.54) is 0 Å². The molecule has 1 rings (SSSR count). The predicted octanol–water partition coefficient (Wildman–Crippen LogP) is 1.25. The molecule has 0 aromatic heterocycles. The van der Waals surface area contributed by atoms with Gasteiger partial charge in [-0.15, -0.1) is 0 Å². The van der Waals surface area contributed by atoms with Gasteiger partial charge >= 0.3 is 0 Å². The van der Waals surface area contributed by atoms with E-state index in [4.69, 9.17) is 0 Å². The van der Waals surface area contributed by atoms with Crippen LogP contribution in [0.15, 0.2) is 0 Å². The van der Waals surface area contributed by atoms with Gasteiger partial charge in [0.15, 0.2) is 0 Å². The van der Waals surface area contributed by atoms with E-state index in [1.807, 2.05) is 0 Å². The van der Waals surface area contributed by atoms with E-state index < -0.39 is 12.3 Å². The summed E-state index contributed by atoms with van der Waals surface area (Å²) >= 11 is 0. The van der Waals surface area contributed by atoms with Crippen LogP contribution in [0, 0.1) is 5.92 Å². The van der Waals surface area contributed by atoms with Crippen molar-refractivity contribution in [1.82, 2.24) is 5.32 Å². The molecule has 0 saturated carbocycles. The molecule has 1 aliphatic heterocycles. The van der Waals surface area contributed by atoms with Gasteiger partial charge in [-0.05, 0) is 13.8 Å². The fourth-order valence-electron chi connectivity index (χ4n) is 1.03. The van der Waals surface area contributed by atoms with Gasteiger partial charge in [-0.3, -0.25) is 0 Å². The Hall–Kier alpha value is -0.180. The first-order valence-corrected chi connectivity index (χ1v) is 3.07. The van der Waals surface area contributed by atoms with Crippen LogP contribution in [-0.2, 0) is 0 Å². The number of hydrogen-bond acceptors (Lipinski definition) is 1. The van der Waals surface area contributed by atoms with Crippen molar-refractivity contribution in [1.29, 1.82) is 0 Å². The van der Waals surface area contributed by atoms with Crippen molar-refractivity contribution < 1.29 is 8.78 Å². The van der Waals surface area contributed by atoms with Crippen molar-refractivity contribution in [3.05, 3.63) is 0 Å². The molecule has 0 bridgehead atoms. The molecule has 0 spiro atoms. The van der Waals surface area contributed by atoms with Crippen molar-refractivity contribution in [2.45, 2.75) is 25.8 Å². The Bertz CT molecular complexity index is 112. The van der Waals surface area contributed by atoms with Crippen LogP contribution in [-0.4, -0.2) is 18.5 Å². The molecule has 1 saturated heterocycles. The van der Waals surface area contributed by atoms with Crippen molar-refractivity contribution in [3.63, 3.8) is 0 Å². The summed E-state index contributed by atoms with van der Waals surface area (Å²) < 4.78 is 23.9. The molecule has 1 N–H and O–H groups in total. The summed E-state index contributed by atoms with van der Waals surface area (Å²) in [6.45, 7) is 4.06. The molecular weight excluding hydrogens is 124 g/mol. The van der Waals surface area contributed by atoms with Gasteiger partial charge in [-0.25, -0.2) is 8.78 Å². The highest BCUT2D eigenvalue weighted by molar-refractivity contribution is 4.97. The lowest BCUT2D eigenvalue weighted by atomic mass is 9.80. The number of hydrogen-bond donors (Lipinski definition) is 1. The smallest absolute Gasteiger partial charge is 0.244 e. The van der Waals surface area contributed by atoms with Crippen LogP contribution < -0.4 is 5.32 Å². The summed E-state index contributed by atoms with van der Waals surface area (Å²) in [5.41, 5.74) is -0.339. The predicted molar refractivity (Wildman–Crippen MR) is 31.6 cm³/mol. The van der Waals surface area contributed by atoms with E-state index in [9.17, 15) is 8.78 Å². The second-order valence-electron chi connectivity index (χ2n) is 3.04. The topological polar surface area (TPSA) is 12.0 Å². The Morgan fingerprint density at radius 1 is 1.56 bits per heavy atom. The lowest BCUT2D eigenvalue weighted by molar-refractivity contribution is -0.0211. The van der Waals surface area contributed by atoms with E-state index >= 15 is 0 Å². The van der Waals surface area contributed by atoms with Gasteiger partial charge in [0.1, 0.15) is 0 Å². The summed E-state index contributed by atoms with van der Waals surface area (Å²) in [7, 11) is 0. The Kier molecular flexibility index (Phi) is 1.47. The van der Waals surface area contributed by atoms with Crippen molar-refractivity contribution in [2.75, 3.05) is 6.54 Å². The highest BCUT2D eigenvalue weighted by Crippen LogP contribution is 2.30. The number of alkyl halides is 2. The molecule has 54 valence electrons. The van der Waals surface area contributed by atoms with E-state index in [0.717, 1.165) is 0 Å². The van der Waals surface area contributed by atoms with Crippen LogP contribution in [0.4, 0.5) is 8.78 Å². The summed E-state index contributed by atoms with van der Waals surface area (Å²) in [5.74, 6) is -0.447. The van der Waals surface area contributed by atoms with Gasteiger partial charge in [-0.2, -0.15) is 0 Å². The van der Waals surface area contributed by atoms with Gasteiger partial charge in [0.2, 0.25) is 6.43 Å². The van der Waals surface area contributed by atoms with Crippen LogP contribution in [0.2, 0.25) is 0 Å². The minimum atomic E-state index is -2.17. The molecule has 3 heteroatoms. The number of nitrogens with one attached hydrogen (secondary N) is 1. The molecule has 1 nitrogen and oxygen atoms in total. The second-order valence-corrected chi connectivity index (χ2v) is 3.04. The van der Waals surface area contributed by atoms with E-state index in [-0.39, 0.29) is 5.54 Å². The minimum absolute atomic E-state index is 0.339. The molecule has 1 aliphatic rings. The average molecular weight is 135 g/mol. The first-order valence-electron chi connectivity index (χ1n) is 3.07. The zero-order valence-electron chi connectivity index (χ0n) is 5.62. The van der Waals surface area contributed by atoms with Crippen LogP contribution in [0.3, 0.4) is 0 Å². The Labute approximate surface area is 53.4 Å². The third-order valence-electron chi connectivity index (χ3n) is 2.01. The van der Waals surface area contributed by atoms with E-state index in [2.05, 4.69) is 5.32 Å². The molecule has 9 heavy (non-hydrogen) atoms. The highest BCUT2D eigenvalue weighted by atomic mass is 19.3. The molecule has 1 heterocycles. The van der Waals surface area contributed by atoms with Crippen LogP contribution in [0.5, 0.6) is 0 Å². The van der Waals surface area contributed by atoms with Gasteiger partial charge in [0, 0.05) is 18.0 Å². The Balaban J connectivity index is 2.45. The van der Waals surface area contributed by atoms with E-state index in [1.54, 1.807) is 13.8 Å². The lowest BCUT2D eigenvalue weighted by Crippen LogP contribution is -2.63. The SMILES string of the molecule is CC1(C)NCC1C(F)F. The number of rotatable bonds is 1. The van der Waals surface area contributed by atoms with E-state index in [0.29, 0.717) is 6.54 Å². The van der Waals surface area contributed by atoms with Gasteiger partial charge in [0.05, 0.1) is 0 Å². The molecule has 0 radical (unpaired) electrons. The molecule has 0 aromatic rings. The maximum absolute atomic E-state index is 11.9.